The van der Waals surface area contributed by atoms with E-state index < -0.39 is 17.6 Å². The fourth-order valence-corrected chi connectivity index (χ4v) is 0.721. The van der Waals surface area contributed by atoms with Crippen molar-refractivity contribution in [1.29, 1.82) is 0 Å². The summed E-state index contributed by atoms with van der Waals surface area (Å²) in [5, 5.41) is 2.42. The molecule has 1 amide bonds. The third-order valence-electron chi connectivity index (χ3n) is 1.30. The quantitative estimate of drug-likeness (QED) is 0.545. The van der Waals surface area contributed by atoms with Crippen molar-refractivity contribution in [2.75, 3.05) is 0 Å². The molecule has 14 heavy (non-hydrogen) atoms. The van der Waals surface area contributed by atoms with E-state index in [0.717, 1.165) is 6.08 Å². The Kier molecular flexibility index (Phi) is 4.34. The lowest BCUT2D eigenvalue weighted by atomic mass is 10.2. The maximum atomic E-state index is 11.3. The molecule has 4 nitrogen and oxygen atoms in total. The fourth-order valence-electron chi connectivity index (χ4n) is 0.721. The molecule has 0 rings (SSSR count). The first-order valence-corrected chi connectivity index (χ1v) is 4.42. The first-order valence-electron chi connectivity index (χ1n) is 4.42. The van der Waals surface area contributed by atoms with Crippen molar-refractivity contribution in [3.8, 4) is 0 Å². The van der Waals surface area contributed by atoms with Gasteiger partial charge in [0.15, 0.2) is 0 Å². The first kappa shape index (κ1) is 12.7. The molecule has 0 aliphatic carbocycles. The lowest BCUT2D eigenvalue weighted by Crippen LogP contribution is -2.41. The van der Waals surface area contributed by atoms with Gasteiger partial charge >= 0.3 is 5.97 Å². The number of carbonyl (C=O) groups is 2. The molecule has 0 aliphatic heterocycles. The van der Waals surface area contributed by atoms with E-state index in [2.05, 4.69) is 11.9 Å². The van der Waals surface area contributed by atoms with Crippen LogP contribution < -0.4 is 5.32 Å². The highest BCUT2D eigenvalue weighted by Crippen LogP contribution is 2.08. The second-order valence-electron chi connectivity index (χ2n) is 3.97. The molecule has 1 N–H and O–H groups in total. The van der Waals surface area contributed by atoms with Gasteiger partial charge in [-0.2, -0.15) is 0 Å². The Labute approximate surface area is 84.3 Å². The highest BCUT2D eigenvalue weighted by Gasteiger charge is 2.22. The van der Waals surface area contributed by atoms with Crippen molar-refractivity contribution in [2.24, 2.45) is 0 Å². The van der Waals surface area contributed by atoms with Crippen LogP contribution in [0.5, 0.6) is 0 Å². The second-order valence-corrected chi connectivity index (χ2v) is 3.97. The van der Waals surface area contributed by atoms with Gasteiger partial charge in [-0.1, -0.05) is 6.58 Å². The monoisotopic (exact) mass is 199 g/mol. The van der Waals surface area contributed by atoms with Gasteiger partial charge in [-0.15, -0.1) is 0 Å². The zero-order chi connectivity index (χ0) is 11.4. The third-order valence-corrected chi connectivity index (χ3v) is 1.30. The number of nitrogens with one attached hydrogen (secondary N) is 1. The van der Waals surface area contributed by atoms with Crippen molar-refractivity contribution in [2.45, 2.75) is 39.3 Å². The molecule has 0 aromatic heterocycles. The van der Waals surface area contributed by atoms with Gasteiger partial charge in [0.2, 0.25) is 5.91 Å². The second kappa shape index (κ2) is 4.79. The summed E-state index contributed by atoms with van der Waals surface area (Å²) in [7, 11) is 0. The number of carbonyl (C=O) groups excluding carboxylic acids is 2. The summed E-state index contributed by atoms with van der Waals surface area (Å²) in [5.74, 6) is -0.837. The molecule has 0 fully saturated rings. The molecule has 0 spiro atoms. The van der Waals surface area contributed by atoms with Gasteiger partial charge in [0.25, 0.3) is 0 Å². The normalized spacial score (nSPS) is 12.9. The molecule has 0 aromatic rings. The number of hydrogen-bond acceptors (Lipinski definition) is 3. The molecular formula is C10H17NO3. The van der Waals surface area contributed by atoms with Crippen molar-refractivity contribution in [1.82, 2.24) is 5.32 Å². The van der Waals surface area contributed by atoms with E-state index in [0.29, 0.717) is 0 Å². The number of amides is 1. The van der Waals surface area contributed by atoms with Crippen molar-refractivity contribution >= 4 is 11.9 Å². The van der Waals surface area contributed by atoms with Gasteiger partial charge in [0, 0.05) is 0 Å². The Morgan fingerprint density at radius 3 is 2.29 bits per heavy atom. The Morgan fingerprint density at radius 2 is 1.93 bits per heavy atom. The van der Waals surface area contributed by atoms with Gasteiger partial charge in [0.05, 0.1) is 0 Å². The third kappa shape index (κ3) is 5.35. The highest BCUT2D eigenvalue weighted by atomic mass is 16.6. The van der Waals surface area contributed by atoms with Crippen LogP contribution in [0.2, 0.25) is 0 Å². The van der Waals surface area contributed by atoms with Gasteiger partial charge in [-0.05, 0) is 33.8 Å². The molecule has 0 radical (unpaired) electrons. The van der Waals surface area contributed by atoms with Crippen LogP contribution in [0.4, 0.5) is 0 Å². The van der Waals surface area contributed by atoms with Gasteiger partial charge < -0.3 is 10.1 Å². The zero-order valence-electron chi connectivity index (χ0n) is 9.09. The molecular weight excluding hydrogens is 182 g/mol. The topological polar surface area (TPSA) is 55.4 Å². The molecule has 0 heterocycles. The Morgan fingerprint density at radius 1 is 1.43 bits per heavy atom. The average molecular weight is 199 g/mol. The molecule has 0 saturated heterocycles. The van der Waals surface area contributed by atoms with E-state index in [1.165, 1.54) is 0 Å². The van der Waals surface area contributed by atoms with Gasteiger partial charge in [0.1, 0.15) is 11.6 Å². The summed E-state index contributed by atoms with van der Waals surface area (Å²) >= 11 is 0. The van der Waals surface area contributed by atoms with E-state index >= 15 is 0 Å². The first-order chi connectivity index (χ1) is 6.26. The van der Waals surface area contributed by atoms with Crippen LogP contribution in [0.1, 0.15) is 27.7 Å². The van der Waals surface area contributed by atoms with E-state index in [1.807, 2.05) is 0 Å². The summed E-state index contributed by atoms with van der Waals surface area (Å²) in [4.78, 5) is 22.2. The van der Waals surface area contributed by atoms with Crippen LogP contribution in [-0.4, -0.2) is 23.5 Å². The molecule has 4 heteroatoms. The van der Waals surface area contributed by atoms with E-state index in [4.69, 9.17) is 4.74 Å². The van der Waals surface area contributed by atoms with Crippen LogP contribution in [0.25, 0.3) is 0 Å². The molecule has 1 atom stereocenters. The number of hydrogen-bond donors (Lipinski definition) is 1. The average Bonchev–Trinajstić information content (AvgIpc) is 2.00. The number of esters is 1. The zero-order valence-corrected chi connectivity index (χ0v) is 9.09. The largest absolute Gasteiger partial charge is 0.458 e. The maximum Gasteiger partial charge on any atom is 0.328 e. The summed E-state index contributed by atoms with van der Waals surface area (Å²) in [6.45, 7) is 10.2. The van der Waals surface area contributed by atoms with Gasteiger partial charge in [-0.25, -0.2) is 4.79 Å². The summed E-state index contributed by atoms with van der Waals surface area (Å²) in [5.41, 5.74) is -0.537. The molecule has 0 saturated carbocycles. The maximum absolute atomic E-state index is 11.3. The highest BCUT2D eigenvalue weighted by molar-refractivity contribution is 5.90. The minimum absolute atomic E-state index is 0.386. The smallest absolute Gasteiger partial charge is 0.328 e. The van der Waals surface area contributed by atoms with Crippen LogP contribution in [0, 0.1) is 0 Å². The minimum atomic E-state index is -0.653. The fraction of sp³-hybridized carbons (Fsp3) is 0.600. The van der Waals surface area contributed by atoms with Crippen molar-refractivity contribution in [3.05, 3.63) is 12.7 Å². The van der Waals surface area contributed by atoms with Crippen LogP contribution in [-0.2, 0) is 14.3 Å². The Balaban J connectivity index is 4.13. The predicted octanol–water partition coefficient (Wildman–Crippen LogP) is 1.02. The standard InChI is InChI=1S/C10H17NO3/c1-6-8(12)11-7(2)9(13)14-10(3,4)5/h6-7H,1H2,2-5H3,(H,11,12)/t7-/m1/s1. The SMILES string of the molecule is C=CC(=O)N[C@H](C)C(=O)OC(C)(C)C. The molecule has 80 valence electrons. The molecule has 0 unspecified atom stereocenters. The van der Waals surface area contributed by atoms with Crippen LogP contribution in [0.3, 0.4) is 0 Å². The predicted molar refractivity (Wildman–Crippen MR) is 53.6 cm³/mol. The number of rotatable bonds is 3. The molecule has 0 bridgehead atoms. The summed E-state index contributed by atoms with van der Waals surface area (Å²) in [6.07, 6.45) is 1.11. The van der Waals surface area contributed by atoms with E-state index in [1.54, 1.807) is 27.7 Å². The van der Waals surface area contributed by atoms with E-state index in [9.17, 15) is 9.59 Å². The van der Waals surface area contributed by atoms with Gasteiger partial charge in [-0.3, -0.25) is 4.79 Å². The van der Waals surface area contributed by atoms with E-state index in [-0.39, 0.29) is 5.91 Å². The van der Waals surface area contributed by atoms with Crippen LogP contribution >= 0.6 is 0 Å². The molecule has 0 aliphatic rings. The summed E-state index contributed by atoms with van der Waals surface area (Å²) < 4.78 is 5.06. The minimum Gasteiger partial charge on any atom is -0.458 e. The Bertz CT molecular complexity index is 240. The summed E-state index contributed by atoms with van der Waals surface area (Å²) in [6, 6.07) is -0.653. The lowest BCUT2D eigenvalue weighted by molar-refractivity contribution is -0.157. The van der Waals surface area contributed by atoms with Crippen LogP contribution in [0.15, 0.2) is 12.7 Å². The lowest BCUT2D eigenvalue weighted by Gasteiger charge is -2.22. The van der Waals surface area contributed by atoms with Crippen molar-refractivity contribution < 1.29 is 14.3 Å². The number of ether oxygens (including phenoxy) is 1. The Hall–Kier alpha value is -1.32. The molecule has 0 aromatic carbocycles. The van der Waals surface area contributed by atoms with Crippen molar-refractivity contribution in [3.63, 3.8) is 0 Å².